The number of aromatic nitrogens is 2. The van der Waals surface area contributed by atoms with E-state index >= 15 is 0 Å². The van der Waals surface area contributed by atoms with Gasteiger partial charge in [0.15, 0.2) is 5.82 Å². The van der Waals surface area contributed by atoms with Crippen molar-refractivity contribution in [3.63, 3.8) is 0 Å². The molecule has 6 nitrogen and oxygen atoms in total. The standard InChI is InChI=1S/C15H15N3O3/c1-8-10-11(9-6-4-3-5-7-9)12(15(20)21-2)14(19)16-13(10)18-17-8/h3-7,11-12H,1-2H3,(H2,16,17,18,19). The number of aromatic amines is 1. The number of esters is 1. The summed E-state index contributed by atoms with van der Waals surface area (Å²) in [6.45, 7) is 1.87. The number of H-pyrrole nitrogens is 1. The van der Waals surface area contributed by atoms with E-state index in [4.69, 9.17) is 4.74 Å². The zero-order chi connectivity index (χ0) is 15.0. The number of nitrogens with zero attached hydrogens (tertiary/aromatic N) is 1. The van der Waals surface area contributed by atoms with Gasteiger partial charge in [-0.2, -0.15) is 5.10 Å². The van der Waals surface area contributed by atoms with Crippen LogP contribution in [0.5, 0.6) is 0 Å². The molecule has 1 amide bonds. The number of nitrogens with one attached hydrogen (secondary N) is 2. The Hall–Kier alpha value is -2.63. The summed E-state index contributed by atoms with van der Waals surface area (Å²) < 4.78 is 4.81. The Morgan fingerprint density at radius 1 is 1.29 bits per heavy atom. The zero-order valence-corrected chi connectivity index (χ0v) is 11.7. The number of fused-ring (bicyclic) bond motifs is 1. The van der Waals surface area contributed by atoms with Crippen molar-refractivity contribution in [2.24, 2.45) is 5.92 Å². The van der Waals surface area contributed by atoms with Crippen LogP contribution in [0, 0.1) is 12.8 Å². The third-order valence-corrected chi connectivity index (χ3v) is 3.78. The Labute approximate surface area is 121 Å². The maximum atomic E-state index is 12.3. The lowest BCUT2D eigenvalue weighted by molar-refractivity contribution is -0.149. The van der Waals surface area contributed by atoms with E-state index in [0.717, 1.165) is 16.8 Å². The first-order chi connectivity index (χ1) is 10.1. The summed E-state index contributed by atoms with van der Waals surface area (Å²) in [5.41, 5.74) is 2.54. The predicted octanol–water partition coefficient (Wildman–Crippen LogP) is 1.59. The quantitative estimate of drug-likeness (QED) is 0.648. The number of methoxy groups -OCH3 is 1. The Kier molecular flexibility index (Phi) is 3.21. The first-order valence-corrected chi connectivity index (χ1v) is 6.62. The second-order valence-corrected chi connectivity index (χ2v) is 4.99. The van der Waals surface area contributed by atoms with Crippen LogP contribution in [0.1, 0.15) is 22.7 Å². The Bertz CT molecular complexity index is 693. The molecule has 2 atom stereocenters. The van der Waals surface area contributed by atoms with Crippen LogP contribution in [0.2, 0.25) is 0 Å². The number of hydrogen-bond donors (Lipinski definition) is 2. The lowest BCUT2D eigenvalue weighted by atomic mass is 9.78. The van der Waals surface area contributed by atoms with Crippen molar-refractivity contribution in [2.75, 3.05) is 12.4 Å². The molecular formula is C15H15N3O3. The van der Waals surface area contributed by atoms with E-state index in [1.807, 2.05) is 37.3 Å². The van der Waals surface area contributed by atoms with Gasteiger partial charge in [-0.05, 0) is 12.5 Å². The summed E-state index contributed by atoms with van der Waals surface area (Å²) in [5, 5.41) is 9.62. The minimum absolute atomic E-state index is 0.394. The van der Waals surface area contributed by atoms with Gasteiger partial charge in [-0.1, -0.05) is 30.3 Å². The number of aryl methyl sites for hydroxylation is 1. The predicted molar refractivity (Wildman–Crippen MR) is 75.7 cm³/mol. The van der Waals surface area contributed by atoms with Gasteiger partial charge in [0.25, 0.3) is 0 Å². The number of carbonyl (C=O) groups is 2. The highest BCUT2D eigenvalue weighted by atomic mass is 16.5. The van der Waals surface area contributed by atoms with Crippen molar-refractivity contribution >= 4 is 17.7 Å². The van der Waals surface area contributed by atoms with Crippen LogP contribution in [0.25, 0.3) is 0 Å². The maximum absolute atomic E-state index is 12.3. The molecule has 0 fully saturated rings. The van der Waals surface area contributed by atoms with Crippen LogP contribution < -0.4 is 5.32 Å². The number of ether oxygens (including phenoxy) is 1. The minimum Gasteiger partial charge on any atom is -0.468 e. The SMILES string of the molecule is COC(=O)C1C(=O)Nc2n[nH]c(C)c2C1c1ccccc1. The molecule has 0 saturated carbocycles. The van der Waals surface area contributed by atoms with E-state index in [9.17, 15) is 9.59 Å². The third kappa shape index (κ3) is 2.08. The highest BCUT2D eigenvalue weighted by molar-refractivity contribution is 6.08. The largest absolute Gasteiger partial charge is 0.468 e. The molecule has 3 rings (SSSR count). The van der Waals surface area contributed by atoms with Crippen LogP contribution in [-0.4, -0.2) is 29.2 Å². The Morgan fingerprint density at radius 3 is 2.67 bits per heavy atom. The third-order valence-electron chi connectivity index (χ3n) is 3.78. The Balaban J connectivity index is 2.19. The maximum Gasteiger partial charge on any atom is 0.319 e. The van der Waals surface area contributed by atoms with E-state index in [1.54, 1.807) is 0 Å². The molecule has 0 saturated heterocycles. The van der Waals surface area contributed by atoms with E-state index in [0.29, 0.717) is 5.82 Å². The van der Waals surface area contributed by atoms with Gasteiger partial charge >= 0.3 is 5.97 Å². The number of hydrogen-bond acceptors (Lipinski definition) is 4. The summed E-state index contributed by atoms with van der Waals surface area (Å²) in [7, 11) is 1.29. The molecule has 2 unspecified atom stereocenters. The molecule has 0 aliphatic carbocycles. The van der Waals surface area contributed by atoms with Gasteiger partial charge in [0, 0.05) is 17.2 Å². The topological polar surface area (TPSA) is 84.1 Å². The first-order valence-electron chi connectivity index (χ1n) is 6.62. The highest BCUT2D eigenvalue weighted by Gasteiger charge is 2.44. The summed E-state index contributed by atoms with van der Waals surface area (Å²) in [4.78, 5) is 24.4. The lowest BCUT2D eigenvalue weighted by Gasteiger charge is -2.29. The highest BCUT2D eigenvalue weighted by Crippen LogP contribution is 2.41. The van der Waals surface area contributed by atoms with Crippen molar-refractivity contribution in [3.8, 4) is 0 Å². The monoisotopic (exact) mass is 285 g/mol. The molecule has 6 heteroatoms. The zero-order valence-electron chi connectivity index (χ0n) is 11.7. The molecule has 1 aromatic heterocycles. The molecule has 0 bridgehead atoms. The molecule has 2 N–H and O–H groups in total. The molecule has 0 radical (unpaired) electrons. The molecule has 1 aromatic carbocycles. The van der Waals surface area contributed by atoms with E-state index in [1.165, 1.54) is 7.11 Å². The number of rotatable bonds is 2. The molecule has 1 aliphatic heterocycles. The van der Waals surface area contributed by atoms with Crippen molar-refractivity contribution in [1.82, 2.24) is 10.2 Å². The second-order valence-electron chi connectivity index (χ2n) is 4.99. The summed E-state index contributed by atoms with van der Waals surface area (Å²) in [6, 6.07) is 9.45. The van der Waals surface area contributed by atoms with Gasteiger partial charge in [0.2, 0.25) is 5.91 Å². The van der Waals surface area contributed by atoms with E-state index in [2.05, 4.69) is 15.5 Å². The van der Waals surface area contributed by atoms with E-state index in [-0.39, 0.29) is 0 Å². The van der Waals surface area contributed by atoms with Gasteiger partial charge in [0.05, 0.1) is 7.11 Å². The second kappa shape index (κ2) is 5.05. The van der Waals surface area contributed by atoms with Gasteiger partial charge in [0.1, 0.15) is 5.92 Å². The van der Waals surface area contributed by atoms with Crippen LogP contribution in [0.3, 0.4) is 0 Å². The molecule has 21 heavy (non-hydrogen) atoms. The first kappa shape index (κ1) is 13.4. The van der Waals surface area contributed by atoms with Gasteiger partial charge in [-0.15, -0.1) is 0 Å². The normalized spacial score (nSPS) is 20.6. The average molecular weight is 285 g/mol. The molecular weight excluding hydrogens is 270 g/mol. The lowest BCUT2D eigenvalue weighted by Crippen LogP contribution is -2.39. The van der Waals surface area contributed by atoms with Crippen LogP contribution in [0.15, 0.2) is 30.3 Å². The van der Waals surface area contributed by atoms with Crippen molar-refractivity contribution < 1.29 is 14.3 Å². The van der Waals surface area contributed by atoms with Crippen molar-refractivity contribution in [1.29, 1.82) is 0 Å². The molecule has 2 heterocycles. The summed E-state index contributed by atoms with van der Waals surface area (Å²) >= 11 is 0. The fraction of sp³-hybridized carbons (Fsp3) is 0.267. The van der Waals surface area contributed by atoms with Gasteiger partial charge in [-0.3, -0.25) is 14.7 Å². The number of benzene rings is 1. The van der Waals surface area contributed by atoms with Gasteiger partial charge in [-0.25, -0.2) is 0 Å². The smallest absolute Gasteiger partial charge is 0.319 e. The summed E-state index contributed by atoms with van der Waals surface area (Å²) in [6.07, 6.45) is 0. The van der Waals surface area contributed by atoms with Crippen LogP contribution >= 0.6 is 0 Å². The Morgan fingerprint density at radius 2 is 2.00 bits per heavy atom. The number of amides is 1. The van der Waals surface area contributed by atoms with Gasteiger partial charge < -0.3 is 10.1 Å². The van der Waals surface area contributed by atoms with E-state index < -0.39 is 23.7 Å². The number of anilines is 1. The van der Waals surface area contributed by atoms with Crippen LogP contribution in [0.4, 0.5) is 5.82 Å². The fourth-order valence-corrected chi connectivity index (χ4v) is 2.82. The molecule has 0 spiro atoms. The fourth-order valence-electron chi connectivity index (χ4n) is 2.82. The minimum atomic E-state index is -0.916. The molecule has 2 aromatic rings. The molecule has 108 valence electrons. The van der Waals surface area contributed by atoms with Crippen LogP contribution in [-0.2, 0) is 14.3 Å². The van der Waals surface area contributed by atoms with Crippen molar-refractivity contribution in [3.05, 3.63) is 47.2 Å². The molecule has 1 aliphatic rings. The summed E-state index contributed by atoms with van der Waals surface area (Å²) in [5.74, 6) is -1.78. The number of carbonyl (C=O) groups excluding carboxylic acids is 2. The average Bonchev–Trinajstić information content (AvgIpc) is 2.87. The van der Waals surface area contributed by atoms with Crippen molar-refractivity contribution in [2.45, 2.75) is 12.8 Å².